The van der Waals surface area contributed by atoms with Crippen molar-refractivity contribution in [1.29, 1.82) is 0 Å². The number of ether oxygens (including phenoxy) is 1. The number of nitrogens with zero attached hydrogens (tertiary/aromatic N) is 2. The van der Waals surface area contributed by atoms with Gasteiger partial charge in [0.05, 0.1) is 25.7 Å². The molecular formula is C22H31N3O5. The number of aliphatic hydroxyl groups excluding tert-OH is 1. The number of amides is 3. The van der Waals surface area contributed by atoms with E-state index in [9.17, 15) is 19.5 Å². The van der Waals surface area contributed by atoms with Gasteiger partial charge in [-0.1, -0.05) is 13.8 Å². The number of hydrogen-bond acceptors (Lipinski definition) is 5. The summed E-state index contributed by atoms with van der Waals surface area (Å²) in [6.45, 7) is 4.57. The third kappa shape index (κ3) is 4.59. The number of benzene rings is 1. The first kappa shape index (κ1) is 22.1. The molecule has 0 saturated carbocycles. The van der Waals surface area contributed by atoms with Crippen LogP contribution in [0.1, 0.15) is 33.1 Å². The van der Waals surface area contributed by atoms with Crippen molar-refractivity contribution in [2.45, 2.75) is 45.2 Å². The molecule has 0 spiro atoms. The van der Waals surface area contributed by atoms with Crippen molar-refractivity contribution < 1.29 is 24.2 Å². The molecule has 3 amide bonds. The van der Waals surface area contributed by atoms with Crippen LogP contribution in [0.25, 0.3) is 0 Å². The molecule has 0 aromatic heterocycles. The lowest BCUT2D eigenvalue weighted by atomic mass is 10.00. The molecule has 30 heavy (non-hydrogen) atoms. The highest BCUT2D eigenvalue weighted by Crippen LogP contribution is 2.27. The maximum atomic E-state index is 13.0. The normalized spacial score (nSPS) is 22.5. The van der Waals surface area contributed by atoms with Gasteiger partial charge in [-0.05, 0) is 43.0 Å². The number of aliphatic hydroxyl groups is 1. The highest BCUT2D eigenvalue weighted by Gasteiger charge is 2.39. The first-order valence-corrected chi connectivity index (χ1v) is 10.5. The fourth-order valence-corrected chi connectivity index (χ4v) is 4.17. The Kier molecular flexibility index (Phi) is 6.97. The lowest BCUT2D eigenvalue weighted by molar-refractivity contribution is -0.139. The summed E-state index contributed by atoms with van der Waals surface area (Å²) < 4.78 is 5.15. The third-order valence-electron chi connectivity index (χ3n) is 5.98. The number of likely N-dealkylation sites (tertiary alicyclic amines) is 1. The second kappa shape index (κ2) is 9.47. The van der Waals surface area contributed by atoms with Crippen LogP contribution in [0.5, 0.6) is 5.75 Å². The van der Waals surface area contributed by atoms with E-state index < -0.39 is 12.0 Å². The van der Waals surface area contributed by atoms with E-state index in [1.54, 1.807) is 41.2 Å². The van der Waals surface area contributed by atoms with Gasteiger partial charge in [0.25, 0.3) is 0 Å². The smallest absolute Gasteiger partial charge is 0.245 e. The summed E-state index contributed by atoms with van der Waals surface area (Å²) in [5, 5.41) is 12.4. The first-order chi connectivity index (χ1) is 14.3. The van der Waals surface area contributed by atoms with Gasteiger partial charge in [0.1, 0.15) is 11.8 Å². The standard InChI is InChI=1S/C22H31N3O5/c1-14(2)20(22(29)24-10-4-5-17(24)13-26)23-21(28)15-11-19(27)25(12-15)16-6-8-18(30-3)9-7-16/h6-9,14-15,17,20,26H,4-5,10-13H2,1-3H3,(H,23,28). The molecule has 164 valence electrons. The first-order valence-electron chi connectivity index (χ1n) is 10.5. The average Bonchev–Trinajstić information content (AvgIpc) is 3.37. The van der Waals surface area contributed by atoms with Crippen molar-refractivity contribution >= 4 is 23.4 Å². The molecule has 2 N–H and O–H groups in total. The molecule has 3 unspecified atom stereocenters. The lowest BCUT2D eigenvalue weighted by Gasteiger charge is -2.31. The molecule has 2 aliphatic heterocycles. The summed E-state index contributed by atoms with van der Waals surface area (Å²) in [6, 6.07) is 6.28. The van der Waals surface area contributed by atoms with Crippen molar-refractivity contribution in [3.05, 3.63) is 24.3 Å². The monoisotopic (exact) mass is 417 g/mol. The molecule has 3 rings (SSSR count). The van der Waals surface area contributed by atoms with Gasteiger partial charge in [0, 0.05) is 25.2 Å². The summed E-state index contributed by atoms with van der Waals surface area (Å²) >= 11 is 0. The Bertz CT molecular complexity index is 779. The predicted molar refractivity (Wildman–Crippen MR) is 112 cm³/mol. The van der Waals surface area contributed by atoms with Gasteiger partial charge in [-0.15, -0.1) is 0 Å². The Hall–Kier alpha value is -2.61. The molecule has 0 bridgehead atoms. The molecule has 2 fully saturated rings. The van der Waals surface area contributed by atoms with Crippen LogP contribution < -0.4 is 15.0 Å². The maximum absolute atomic E-state index is 13.0. The predicted octanol–water partition coefficient (Wildman–Crippen LogP) is 1.17. The van der Waals surface area contributed by atoms with Crippen LogP contribution in [0.3, 0.4) is 0 Å². The largest absolute Gasteiger partial charge is 0.497 e. The lowest BCUT2D eigenvalue weighted by Crippen LogP contribution is -2.54. The Labute approximate surface area is 177 Å². The van der Waals surface area contributed by atoms with Gasteiger partial charge < -0.3 is 25.0 Å². The van der Waals surface area contributed by atoms with Gasteiger partial charge in [0.15, 0.2) is 0 Å². The molecule has 8 heteroatoms. The number of nitrogens with one attached hydrogen (secondary N) is 1. The fraction of sp³-hybridized carbons (Fsp3) is 0.591. The third-order valence-corrected chi connectivity index (χ3v) is 5.98. The quantitative estimate of drug-likeness (QED) is 0.694. The molecular weight excluding hydrogens is 386 g/mol. The average molecular weight is 418 g/mol. The molecule has 2 heterocycles. The topological polar surface area (TPSA) is 99.2 Å². The minimum absolute atomic E-state index is 0.0710. The van der Waals surface area contributed by atoms with E-state index >= 15 is 0 Å². The van der Waals surface area contributed by atoms with Crippen LogP contribution >= 0.6 is 0 Å². The van der Waals surface area contributed by atoms with Crippen LogP contribution in [0.2, 0.25) is 0 Å². The van der Waals surface area contributed by atoms with Crippen molar-refractivity contribution in [3.8, 4) is 5.75 Å². The summed E-state index contributed by atoms with van der Waals surface area (Å²) in [7, 11) is 1.58. The number of methoxy groups -OCH3 is 1. The van der Waals surface area contributed by atoms with Crippen LogP contribution in [0, 0.1) is 11.8 Å². The molecule has 2 saturated heterocycles. The van der Waals surface area contributed by atoms with E-state index in [4.69, 9.17) is 4.74 Å². The minimum atomic E-state index is -0.671. The SMILES string of the molecule is COc1ccc(N2CC(C(=O)NC(C(=O)N3CCCC3CO)C(C)C)CC2=O)cc1. The highest BCUT2D eigenvalue weighted by atomic mass is 16.5. The van der Waals surface area contributed by atoms with Crippen LogP contribution in [-0.4, -0.2) is 66.6 Å². The van der Waals surface area contributed by atoms with E-state index in [1.165, 1.54) is 0 Å². The van der Waals surface area contributed by atoms with Crippen molar-refractivity contribution in [1.82, 2.24) is 10.2 Å². The van der Waals surface area contributed by atoms with Gasteiger partial charge in [-0.25, -0.2) is 0 Å². The Morgan fingerprint density at radius 1 is 1.27 bits per heavy atom. The number of rotatable bonds is 7. The van der Waals surface area contributed by atoms with Gasteiger partial charge in [-0.2, -0.15) is 0 Å². The number of carbonyl (C=O) groups is 3. The molecule has 1 aromatic rings. The Morgan fingerprint density at radius 3 is 2.57 bits per heavy atom. The summed E-state index contributed by atoms with van der Waals surface area (Å²) in [6.07, 6.45) is 1.73. The maximum Gasteiger partial charge on any atom is 0.245 e. The van der Waals surface area contributed by atoms with Crippen LogP contribution in [0.4, 0.5) is 5.69 Å². The molecule has 0 radical (unpaired) electrons. The molecule has 3 atom stereocenters. The van der Waals surface area contributed by atoms with Crippen LogP contribution in [0.15, 0.2) is 24.3 Å². The van der Waals surface area contributed by atoms with E-state index in [2.05, 4.69) is 5.32 Å². The molecule has 8 nitrogen and oxygen atoms in total. The molecule has 2 aliphatic rings. The number of carbonyl (C=O) groups excluding carboxylic acids is 3. The van der Waals surface area contributed by atoms with Crippen molar-refractivity contribution in [3.63, 3.8) is 0 Å². The van der Waals surface area contributed by atoms with Crippen molar-refractivity contribution in [2.75, 3.05) is 31.7 Å². The van der Waals surface area contributed by atoms with E-state index in [0.717, 1.165) is 18.5 Å². The number of hydrogen-bond donors (Lipinski definition) is 2. The highest BCUT2D eigenvalue weighted by molar-refractivity contribution is 6.01. The van der Waals surface area contributed by atoms with Gasteiger partial charge >= 0.3 is 0 Å². The van der Waals surface area contributed by atoms with Crippen LogP contribution in [-0.2, 0) is 14.4 Å². The summed E-state index contributed by atoms with van der Waals surface area (Å²) in [5.41, 5.74) is 0.718. The second-order valence-electron chi connectivity index (χ2n) is 8.34. The second-order valence-corrected chi connectivity index (χ2v) is 8.34. The van der Waals surface area contributed by atoms with Crippen molar-refractivity contribution in [2.24, 2.45) is 11.8 Å². The zero-order valence-electron chi connectivity index (χ0n) is 17.8. The molecule has 1 aromatic carbocycles. The number of anilines is 1. The molecule has 0 aliphatic carbocycles. The van der Waals surface area contributed by atoms with Gasteiger partial charge in [-0.3, -0.25) is 14.4 Å². The summed E-state index contributed by atoms with van der Waals surface area (Å²) in [4.78, 5) is 41.7. The minimum Gasteiger partial charge on any atom is -0.497 e. The van der Waals surface area contributed by atoms with Gasteiger partial charge in [0.2, 0.25) is 17.7 Å². The zero-order valence-corrected chi connectivity index (χ0v) is 17.8. The Morgan fingerprint density at radius 2 is 1.97 bits per heavy atom. The summed E-state index contributed by atoms with van der Waals surface area (Å²) in [5.74, 6) is -0.483. The van der Waals surface area contributed by atoms with E-state index in [-0.39, 0.29) is 49.3 Å². The Balaban J connectivity index is 1.66. The zero-order chi connectivity index (χ0) is 21.8. The fourth-order valence-electron chi connectivity index (χ4n) is 4.17. The van der Waals surface area contributed by atoms with E-state index in [0.29, 0.717) is 12.3 Å². The van der Waals surface area contributed by atoms with E-state index in [1.807, 2.05) is 13.8 Å².